The third-order valence-electron chi connectivity index (χ3n) is 3.82. The van der Waals surface area contributed by atoms with Gasteiger partial charge in [-0.3, -0.25) is 0 Å². The summed E-state index contributed by atoms with van der Waals surface area (Å²) in [6.45, 7) is 7.87. The maximum atomic E-state index is 10.3. The van der Waals surface area contributed by atoms with Crippen LogP contribution >= 0.6 is 0 Å². The van der Waals surface area contributed by atoms with E-state index in [2.05, 4.69) is 15.6 Å². The normalized spacial score (nSPS) is 12.1. The lowest BCUT2D eigenvalue weighted by atomic mass is 9.98. The molecule has 0 unspecified atom stereocenters. The van der Waals surface area contributed by atoms with Gasteiger partial charge in [0.1, 0.15) is 5.75 Å². The molecule has 3 N–H and O–H groups in total. The number of aliphatic imine (C=N–C) groups is 1. The second-order valence-electron chi connectivity index (χ2n) is 5.33. The molecular formula is C17H29N3O2. The average Bonchev–Trinajstić information content (AvgIpc) is 2.57. The van der Waals surface area contributed by atoms with Gasteiger partial charge >= 0.3 is 0 Å². The van der Waals surface area contributed by atoms with E-state index in [4.69, 9.17) is 4.74 Å². The number of aliphatic hydroxyl groups is 1. The summed E-state index contributed by atoms with van der Waals surface area (Å²) in [5.74, 6) is 1.56. The Morgan fingerprint density at radius 3 is 2.27 bits per heavy atom. The summed E-state index contributed by atoms with van der Waals surface area (Å²) in [7, 11) is 1.66. The van der Waals surface area contributed by atoms with Gasteiger partial charge in [-0.15, -0.1) is 0 Å². The lowest BCUT2D eigenvalue weighted by Gasteiger charge is -2.26. The molecule has 0 bridgehead atoms. The molecule has 0 aromatic heterocycles. The van der Waals surface area contributed by atoms with Gasteiger partial charge in [0.25, 0.3) is 0 Å². The molecule has 1 rings (SSSR count). The lowest BCUT2D eigenvalue weighted by molar-refractivity contribution is 0.0367. The van der Waals surface area contributed by atoms with E-state index < -0.39 is 5.60 Å². The number of benzene rings is 1. The number of nitrogens with one attached hydrogen (secondary N) is 2. The molecule has 0 heterocycles. The molecule has 0 aliphatic carbocycles. The van der Waals surface area contributed by atoms with Gasteiger partial charge in [0.2, 0.25) is 0 Å². The van der Waals surface area contributed by atoms with Crippen molar-refractivity contribution >= 4 is 5.96 Å². The smallest absolute Gasteiger partial charge is 0.191 e. The summed E-state index contributed by atoms with van der Waals surface area (Å²) < 4.78 is 5.15. The standard InChI is InChI=1S/C17H29N3O2/c1-5-17(21,6-2)13-20-16(18-7-3)19-12-14-8-10-15(22-4)11-9-14/h8-11,21H,5-7,12-13H2,1-4H3,(H2,18,19,20). The maximum Gasteiger partial charge on any atom is 0.191 e. The topological polar surface area (TPSA) is 65.9 Å². The Bertz CT molecular complexity index is 453. The largest absolute Gasteiger partial charge is 0.497 e. The Hall–Kier alpha value is -1.75. The molecule has 0 atom stereocenters. The van der Waals surface area contributed by atoms with Crippen LogP contribution in [0.25, 0.3) is 0 Å². The van der Waals surface area contributed by atoms with Crippen molar-refractivity contribution in [2.75, 3.05) is 20.2 Å². The monoisotopic (exact) mass is 307 g/mol. The van der Waals surface area contributed by atoms with Crippen LogP contribution in [0.15, 0.2) is 29.3 Å². The van der Waals surface area contributed by atoms with Crippen LogP contribution in [-0.2, 0) is 6.54 Å². The second kappa shape index (κ2) is 9.30. The molecule has 0 fully saturated rings. The van der Waals surface area contributed by atoms with Gasteiger partial charge in [-0.05, 0) is 37.5 Å². The predicted octanol–water partition coefficient (Wildman–Crippen LogP) is 2.30. The van der Waals surface area contributed by atoms with Crippen molar-refractivity contribution in [3.8, 4) is 5.75 Å². The maximum absolute atomic E-state index is 10.3. The van der Waals surface area contributed by atoms with Gasteiger partial charge in [0, 0.05) is 13.1 Å². The average molecular weight is 307 g/mol. The quantitative estimate of drug-likeness (QED) is 0.509. The number of nitrogens with zero attached hydrogens (tertiary/aromatic N) is 1. The fourth-order valence-corrected chi connectivity index (χ4v) is 1.99. The molecule has 0 aliphatic heterocycles. The van der Waals surface area contributed by atoms with E-state index in [0.717, 1.165) is 23.8 Å². The number of rotatable bonds is 8. The zero-order valence-corrected chi connectivity index (χ0v) is 14.1. The first-order valence-electron chi connectivity index (χ1n) is 7.94. The highest BCUT2D eigenvalue weighted by Gasteiger charge is 2.22. The summed E-state index contributed by atoms with van der Waals surface area (Å²) in [5, 5.41) is 16.7. The number of guanidine groups is 1. The molecule has 5 nitrogen and oxygen atoms in total. The van der Waals surface area contributed by atoms with Crippen LogP contribution in [0.1, 0.15) is 39.2 Å². The molecule has 0 saturated carbocycles. The van der Waals surface area contributed by atoms with Gasteiger partial charge in [-0.2, -0.15) is 0 Å². The van der Waals surface area contributed by atoms with Gasteiger partial charge < -0.3 is 20.5 Å². The highest BCUT2D eigenvalue weighted by Crippen LogP contribution is 2.13. The fourth-order valence-electron chi connectivity index (χ4n) is 1.99. The minimum Gasteiger partial charge on any atom is -0.497 e. The number of hydrogen-bond acceptors (Lipinski definition) is 3. The van der Waals surface area contributed by atoms with Gasteiger partial charge in [-0.25, -0.2) is 4.99 Å². The van der Waals surface area contributed by atoms with Crippen LogP contribution in [0.5, 0.6) is 5.75 Å². The number of methoxy groups -OCH3 is 1. The van der Waals surface area contributed by atoms with Crippen molar-refractivity contribution < 1.29 is 9.84 Å². The minimum atomic E-state index is -0.684. The van der Waals surface area contributed by atoms with Crippen molar-refractivity contribution in [2.24, 2.45) is 4.99 Å². The van der Waals surface area contributed by atoms with E-state index in [1.807, 2.05) is 45.0 Å². The van der Waals surface area contributed by atoms with Crippen LogP contribution in [0.3, 0.4) is 0 Å². The Balaban J connectivity index is 2.64. The fraction of sp³-hybridized carbons (Fsp3) is 0.588. The lowest BCUT2D eigenvalue weighted by Crippen LogP contribution is -2.46. The molecule has 0 spiro atoms. The Kier molecular flexibility index (Phi) is 7.74. The molecule has 5 heteroatoms. The molecule has 22 heavy (non-hydrogen) atoms. The van der Waals surface area contributed by atoms with Crippen molar-refractivity contribution in [3.63, 3.8) is 0 Å². The SMILES string of the molecule is CCNC(=NCc1ccc(OC)cc1)NCC(O)(CC)CC. The van der Waals surface area contributed by atoms with Crippen LogP contribution in [-0.4, -0.2) is 36.9 Å². The summed E-state index contributed by atoms with van der Waals surface area (Å²) in [6.07, 6.45) is 1.43. The summed E-state index contributed by atoms with van der Waals surface area (Å²) in [6, 6.07) is 7.86. The zero-order chi connectivity index (χ0) is 16.4. The molecule has 1 aromatic rings. The van der Waals surface area contributed by atoms with E-state index in [0.29, 0.717) is 25.9 Å². The molecular weight excluding hydrogens is 278 g/mol. The molecule has 0 radical (unpaired) electrons. The molecule has 0 amide bonds. The molecule has 0 aliphatic rings. The molecule has 0 saturated heterocycles. The van der Waals surface area contributed by atoms with Crippen LogP contribution in [0, 0.1) is 0 Å². The van der Waals surface area contributed by atoms with E-state index in [-0.39, 0.29) is 0 Å². The van der Waals surface area contributed by atoms with Gasteiger partial charge in [-0.1, -0.05) is 26.0 Å². The second-order valence-corrected chi connectivity index (χ2v) is 5.33. The Morgan fingerprint density at radius 1 is 1.14 bits per heavy atom. The van der Waals surface area contributed by atoms with Crippen molar-refractivity contribution in [1.29, 1.82) is 0 Å². The molecule has 124 valence electrons. The van der Waals surface area contributed by atoms with Crippen LogP contribution < -0.4 is 15.4 Å². The third-order valence-corrected chi connectivity index (χ3v) is 3.82. The number of ether oxygens (including phenoxy) is 1. The van der Waals surface area contributed by atoms with E-state index in [1.54, 1.807) is 7.11 Å². The first kappa shape index (κ1) is 18.3. The van der Waals surface area contributed by atoms with Crippen molar-refractivity contribution in [1.82, 2.24) is 10.6 Å². The Morgan fingerprint density at radius 2 is 1.77 bits per heavy atom. The summed E-state index contributed by atoms with van der Waals surface area (Å²) in [4.78, 5) is 4.55. The van der Waals surface area contributed by atoms with Gasteiger partial charge in [0.15, 0.2) is 5.96 Å². The van der Waals surface area contributed by atoms with E-state index in [1.165, 1.54) is 0 Å². The van der Waals surface area contributed by atoms with Crippen molar-refractivity contribution in [2.45, 2.75) is 45.8 Å². The van der Waals surface area contributed by atoms with E-state index >= 15 is 0 Å². The summed E-state index contributed by atoms with van der Waals surface area (Å²) >= 11 is 0. The third kappa shape index (κ3) is 5.93. The highest BCUT2D eigenvalue weighted by molar-refractivity contribution is 5.79. The van der Waals surface area contributed by atoms with Crippen LogP contribution in [0.4, 0.5) is 0 Å². The number of hydrogen-bond donors (Lipinski definition) is 3. The highest BCUT2D eigenvalue weighted by atomic mass is 16.5. The molecule has 1 aromatic carbocycles. The van der Waals surface area contributed by atoms with Crippen LogP contribution in [0.2, 0.25) is 0 Å². The van der Waals surface area contributed by atoms with Gasteiger partial charge in [0.05, 0.1) is 19.3 Å². The predicted molar refractivity (Wildman–Crippen MR) is 91.3 cm³/mol. The first-order valence-corrected chi connectivity index (χ1v) is 7.94. The minimum absolute atomic E-state index is 0.494. The zero-order valence-electron chi connectivity index (χ0n) is 14.1. The first-order chi connectivity index (χ1) is 10.6. The van der Waals surface area contributed by atoms with Crippen molar-refractivity contribution in [3.05, 3.63) is 29.8 Å². The van der Waals surface area contributed by atoms with E-state index in [9.17, 15) is 5.11 Å². The summed E-state index contributed by atoms with van der Waals surface area (Å²) in [5.41, 5.74) is 0.426. The Labute approximate surface area is 133 Å².